The Morgan fingerprint density at radius 1 is 1.00 bits per heavy atom. The van der Waals surface area contributed by atoms with Crippen LogP contribution in [0.15, 0.2) is 70.5 Å². The molecule has 4 aromatic rings. The first-order chi connectivity index (χ1) is 17.7. The molecule has 0 spiro atoms. The second kappa shape index (κ2) is 9.45. The molecule has 0 aliphatic carbocycles. The van der Waals surface area contributed by atoms with Crippen molar-refractivity contribution in [3.63, 3.8) is 0 Å². The Hall–Kier alpha value is -4.02. The quantitative estimate of drug-likeness (QED) is 0.298. The predicted octanol–water partition coefficient (Wildman–Crippen LogP) is 5.49. The molecule has 8 nitrogen and oxygen atoms in total. The van der Waals surface area contributed by atoms with Crippen molar-refractivity contribution in [2.24, 2.45) is 0 Å². The average Bonchev–Trinajstić information content (AvgIpc) is 3.49. The molecule has 0 bridgehead atoms. The number of rotatable bonds is 7. The number of aryl methyl sites for hydroxylation is 2. The summed E-state index contributed by atoms with van der Waals surface area (Å²) in [6.45, 7) is 3.92. The van der Waals surface area contributed by atoms with Crippen molar-refractivity contribution in [2.45, 2.75) is 23.6 Å². The number of nitrogens with two attached hydrogens (primary N) is 1. The van der Waals surface area contributed by atoms with Crippen molar-refractivity contribution < 1.29 is 27.4 Å². The Kier molecular flexibility index (Phi) is 6.30. The van der Waals surface area contributed by atoms with Crippen LogP contribution in [0.25, 0.3) is 0 Å². The lowest BCUT2D eigenvalue weighted by Gasteiger charge is -2.12. The van der Waals surface area contributed by atoms with Crippen molar-refractivity contribution >= 4 is 43.3 Å². The molecule has 37 heavy (non-hydrogen) atoms. The smallest absolute Gasteiger partial charge is 0.231 e. The van der Waals surface area contributed by atoms with E-state index in [1.807, 2.05) is 32.0 Å². The standard InChI is InChI=1S/C27H24N2O6S2/c1-15-4-5-16(2)20(12-15)29-27-26(37(31,32)19-9-7-18(33-3)8-10-19)23(28)25(36-27)24(30)17-6-11-21-22(13-17)35-14-34-21/h4-13,29H,14,28H2,1-3H3. The van der Waals surface area contributed by atoms with Crippen molar-refractivity contribution in [1.82, 2.24) is 0 Å². The zero-order valence-electron chi connectivity index (χ0n) is 20.3. The van der Waals surface area contributed by atoms with E-state index in [2.05, 4.69) is 5.32 Å². The molecule has 0 fully saturated rings. The number of thiophene rings is 1. The van der Waals surface area contributed by atoms with E-state index in [9.17, 15) is 13.2 Å². The number of ketones is 1. The first kappa shape index (κ1) is 24.7. The SMILES string of the molecule is COc1ccc(S(=O)(=O)c2c(Nc3cc(C)ccc3C)sc(C(=O)c3ccc4c(c3)OCO4)c2N)cc1. The number of carbonyl (C=O) groups is 1. The second-order valence-electron chi connectivity index (χ2n) is 8.52. The number of anilines is 3. The third-order valence-electron chi connectivity index (χ3n) is 6.02. The van der Waals surface area contributed by atoms with E-state index in [0.717, 1.165) is 28.2 Å². The molecule has 10 heteroatoms. The highest BCUT2D eigenvalue weighted by Gasteiger charge is 2.32. The monoisotopic (exact) mass is 536 g/mol. The summed E-state index contributed by atoms with van der Waals surface area (Å²) < 4.78 is 43.6. The summed E-state index contributed by atoms with van der Waals surface area (Å²) in [6.07, 6.45) is 0. The molecule has 190 valence electrons. The maximum absolute atomic E-state index is 13.8. The summed E-state index contributed by atoms with van der Waals surface area (Å²) >= 11 is 0.999. The van der Waals surface area contributed by atoms with Crippen LogP contribution in [0.3, 0.4) is 0 Å². The van der Waals surface area contributed by atoms with Crippen LogP contribution in [0.4, 0.5) is 16.4 Å². The second-order valence-corrected chi connectivity index (χ2v) is 11.4. The fourth-order valence-electron chi connectivity index (χ4n) is 3.98. The van der Waals surface area contributed by atoms with Gasteiger partial charge in [0.05, 0.1) is 17.7 Å². The van der Waals surface area contributed by atoms with Crippen LogP contribution in [0.2, 0.25) is 0 Å². The van der Waals surface area contributed by atoms with Crippen molar-refractivity contribution in [2.75, 3.05) is 25.0 Å². The number of methoxy groups -OCH3 is 1. The molecule has 2 heterocycles. The van der Waals surface area contributed by atoms with E-state index >= 15 is 0 Å². The molecular formula is C27H24N2O6S2. The van der Waals surface area contributed by atoms with Gasteiger partial charge in [-0.25, -0.2) is 8.42 Å². The van der Waals surface area contributed by atoms with Crippen LogP contribution in [0, 0.1) is 13.8 Å². The summed E-state index contributed by atoms with van der Waals surface area (Å²) in [5, 5.41) is 3.48. The zero-order valence-corrected chi connectivity index (χ0v) is 22.0. The van der Waals surface area contributed by atoms with Gasteiger partial charge < -0.3 is 25.3 Å². The Bertz CT molecular complexity index is 1630. The topological polar surface area (TPSA) is 117 Å². The number of fused-ring (bicyclic) bond motifs is 1. The van der Waals surface area contributed by atoms with Crippen LogP contribution >= 0.6 is 11.3 Å². The van der Waals surface area contributed by atoms with Gasteiger partial charge in [-0.05, 0) is 73.5 Å². The maximum Gasteiger partial charge on any atom is 0.231 e. The fourth-order valence-corrected chi connectivity index (χ4v) is 6.91. The number of sulfone groups is 1. The molecule has 1 aromatic heterocycles. The van der Waals surface area contributed by atoms with Gasteiger partial charge in [0.2, 0.25) is 22.4 Å². The van der Waals surface area contributed by atoms with E-state index in [1.54, 1.807) is 30.3 Å². The molecule has 0 radical (unpaired) electrons. The molecular weight excluding hydrogens is 512 g/mol. The molecule has 0 atom stereocenters. The highest BCUT2D eigenvalue weighted by atomic mass is 32.2. The molecule has 0 saturated carbocycles. The molecule has 3 N–H and O–H groups in total. The minimum absolute atomic E-state index is 0.0314. The van der Waals surface area contributed by atoms with Crippen LogP contribution in [-0.2, 0) is 9.84 Å². The van der Waals surface area contributed by atoms with Gasteiger partial charge in [-0.15, -0.1) is 11.3 Å². The summed E-state index contributed by atoms with van der Waals surface area (Å²) in [4.78, 5) is 13.5. The number of nitrogens with one attached hydrogen (secondary N) is 1. The van der Waals surface area contributed by atoms with Crippen molar-refractivity contribution in [3.05, 3.63) is 82.2 Å². The van der Waals surface area contributed by atoms with E-state index in [-0.39, 0.29) is 32.1 Å². The number of ether oxygens (including phenoxy) is 3. The highest BCUT2D eigenvalue weighted by molar-refractivity contribution is 7.92. The summed E-state index contributed by atoms with van der Waals surface area (Å²) in [5.41, 5.74) is 9.26. The van der Waals surface area contributed by atoms with Gasteiger partial charge in [0.25, 0.3) is 0 Å². The predicted molar refractivity (Wildman–Crippen MR) is 142 cm³/mol. The van der Waals surface area contributed by atoms with E-state index in [4.69, 9.17) is 19.9 Å². The number of hydrogen-bond donors (Lipinski definition) is 2. The van der Waals surface area contributed by atoms with Gasteiger partial charge in [-0.2, -0.15) is 0 Å². The first-order valence-electron chi connectivity index (χ1n) is 11.3. The number of benzene rings is 3. The van der Waals surface area contributed by atoms with Gasteiger partial charge in [0.15, 0.2) is 11.5 Å². The molecule has 0 amide bonds. The number of nitrogen functional groups attached to an aromatic ring is 1. The number of hydrogen-bond acceptors (Lipinski definition) is 9. The highest BCUT2D eigenvalue weighted by Crippen LogP contribution is 2.45. The largest absolute Gasteiger partial charge is 0.497 e. The third kappa shape index (κ3) is 4.49. The van der Waals surface area contributed by atoms with E-state index in [0.29, 0.717) is 22.8 Å². The normalized spacial score (nSPS) is 12.4. The average molecular weight is 537 g/mol. The molecule has 1 aliphatic rings. The van der Waals surface area contributed by atoms with Gasteiger partial charge in [-0.3, -0.25) is 4.79 Å². The fraction of sp³-hybridized carbons (Fsp3) is 0.148. The Morgan fingerprint density at radius 3 is 2.46 bits per heavy atom. The third-order valence-corrected chi connectivity index (χ3v) is 9.12. The van der Waals surface area contributed by atoms with Gasteiger partial charge >= 0.3 is 0 Å². The molecule has 5 rings (SSSR count). The summed E-state index contributed by atoms with van der Waals surface area (Å²) in [6, 6.07) is 16.6. The van der Waals surface area contributed by atoms with Gasteiger partial charge in [0.1, 0.15) is 20.5 Å². The molecule has 3 aromatic carbocycles. The summed E-state index contributed by atoms with van der Waals surface area (Å²) in [5.74, 6) is 1.09. The minimum atomic E-state index is -4.10. The molecule has 0 saturated heterocycles. The summed E-state index contributed by atoms with van der Waals surface area (Å²) in [7, 11) is -2.60. The lowest BCUT2D eigenvalue weighted by atomic mass is 10.1. The molecule has 0 unspecified atom stereocenters. The Balaban J connectivity index is 1.65. The maximum atomic E-state index is 13.8. The van der Waals surface area contributed by atoms with Crippen LogP contribution in [-0.4, -0.2) is 28.1 Å². The van der Waals surface area contributed by atoms with Crippen molar-refractivity contribution in [1.29, 1.82) is 0 Å². The van der Waals surface area contributed by atoms with Crippen LogP contribution in [0.5, 0.6) is 17.2 Å². The minimum Gasteiger partial charge on any atom is -0.497 e. The van der Waals surface area contributed by atoms with Gasteiger partial charge in [0, 0.05) is 11.3 Å². The lowest BCUT2D eigenvalue weighted by molar-refractivity contribution is 0.104. The first-order valence-corrected chi connectivity index (χ1v) is 13.6. The zero-order chi connectivity index (χ0) is 26.3. The van der Waals surface area contributed by atoms with Crippen LogP contribution < -0.4 is 25.3 Å². The Labute approximate surface area is 218 Å². The van der Waals surface area contributed by atoms with Gasteiger partial charge in [-0.1, -0.05) is 12.1 Å². The molecule has 1 aliphatic heterocycles. The van der Waals surface area contributed by atoms with E-state index in [1.165, 1.54) is 19.2 Å². The van der Waals surface area contributed by atoms with E-state index < -0.39 is 15.6 Å². The lowest BCUT2D eigenvalue weighted by Crippen LogP contribution is -2.08. The Morgan fingerprint density at radius 2 is 1.73 bits per heavy atom. The number of carbonyl (C=O) groups excluding carboxylic acids is 1. The van der Waals surface area contributed by atoms with Crippen molar-refractivity contribution in [3.8, 4) is 17.2 Å². The van der Waals surface area contributed by atoms with Crippen LogP contribution in [0.1, 0.15) is 26.4 Å².